The van der Waals surface area contributed by atoms with E-state index in [1.165, 1.54) is 0 Å². The zero-order valence-corrected chi connectivity index (χ0v) is 10.4. The molecular weight excluding hydrogens is 250 g/mol. The topological polar surface area (TPSA) is 102 Å². The van der Waals surface area contributed by atoms with Crippen molar-refractivity contribution < 1.29 is 25.2 Å². The molecular formula is C13H19NO5. The van der Waals surface area contributed by atoms with Gasteiger partial charge >= 0.3 is 0 Å². The van der Waals surface area contributed by atoms with Crippen LogP contribution in [0.1, 0.15) is 0 Å². The molecule has 2 rings (SSSR count). The first kappa shape index (κ1) is 14.2. The molecule has 0 spiro atoms. The summed E-state index contributed by atoms with van der Waals surface area (Å²) in [6.07, 6.45) is -5.40. The fraction of sp³-hybridized carbons (Fsp3) is 0.538. The maximum Gasteiger partial charge on any atom is 0.111 e. The van der Waals surface area contributed by atoms with Gasteiger partial charge < -0.3 is 30.5 Å². The number of nitrogens with one attached hydrogen (secondary N) is 1. The van der Waals surface area contributed by atoms with Gasteiger partial charge in [0.25, 0.3) is 0 Å². The lowest BCUT2D eigenvalue weighted by Crippen LogP contribution is -2.60. The molecule has 106 valence electrons. The van der Waals surface area contributed by atoms with E-state index in [1.54, 1.807) is 0 Å². The SMILES string of the molecule is OC[C@H]1O[C@H](CNc2ccccc2)[C@H](O)[C@@H](O)[C@@H]1O. The molecule has 0 unspecified atom stereocenters. The number of aliphatic hydroxyl groups is 4. The van der Waals surface area contributed by atoms with Gasteiger partial charge in [0.2, 0.25) is 0 Å². The second kappa shape index (κ2) is 6.31. The monoisotopic (exact) mass is 269 g/mol. The Labute approximate surface area is 111 Å². The summed E-state index contributed by atoms with van der Waals surface area (Å²) in [5.74, 6) is 0. The van der Waals surface area contributed by atoms with Crippen LogP contribution in [0.4, 0.5) is 5.69 Å². The number of benzene rings is 1. The first-order valence-electron chi connectivity index (χ1n) is 6.23. The van der Waals surface area contributed by atoms with Crippen LogP contribution in [0.2, 0.25) is 0 Å². The van der Waals surface area contributed by atoms with Gasteiger partial charge in [0, 0.05) is 12.2 Å². The molecule has 0 aliphatic carbocycles. The molecule has 5 N–H and O–H groups in total. The van der Waals surface area contributed by atoms with Gasteiger partial charge in [-0.2, -0.15) is 0 Å². The lowest BCUT2D eigenvalue weighted by Gasteiger charge is -2.40. The molecule has 0 saturated carbocycles. The van der Waals surface area contributed by atoms with E-state index in [1.807, 2.05) is 30.3 Å². The van der Waals surface area contributed by atoms with Crippen LogP contribution in [-0.2, 0) is 4.74 Å². The second-order valence-corrected chi connectivity index (χ2v) is 4.61. The fourth-order valence-corrected chi connectivity index (χ4v) is 2.12. The average Bonchev–Trinajstić information content (AvgIpc) is 2.45. The fourth-order valence-electron chi connectivity index (χ4n) is 2.12. The van der Waals surface area contributed by atoms with E-state index in [0.717, 1.165) is 5.69 Å². The average molecular weight is 269 g/mol. The lowest BCUT2D eigenvalue weighted by molar-refractivity contribution is -0.225. The maximum absolute atomic E-state index is 9.84. The Hall–Kier alpha value is -1.18. The Morgan fingerprint density at radius 1 is 0.947 bits per heavy atom. The number of ether oxygens (including phenoxy) is 1. The van der Waals surface area contributed by atoms with Crippen molar-refractivity contribution in [1.82, 2.24) is 0 Å². The number of hydrogen-bond acceptors (Lipinski definition) is 6. The van der Waals surface area contributed by atoms with Crippen molar-refractivity contribution in [3.63, 3.8) is 0 Å². The van der Waals surface area contributed by atoms with E-state index in [4.69, 9.17) is 9.84 Å². The van der Waals surface area contributed by atoms with Gasteiger partial charge in [0.1, 0.15) is 30.5 Å². The van der Waals surface area contributed by atoms with E-state index in [9.17, 15) is 15.3 Å². The van der Waals surface area contributed by atoms with Crippen molar-refractivity contribution in [2.45, 2.75) is 30.5 Å². The summed E-state index contributed by atoms with van der Waals surface area (Å²) in [5, 5.41) is 41.3. The molecule has 1 saturated heterocycles. The lowest BCUT2D eigenvalue weighted by atomic mass is 9.95. The molecule has 0 aromatic heterocycles. The van der Waals surface area contributed by atoms with Gasteiger partial charge in [-0.25, -0.2) is 0 Å². The molecule has 0 amide bonds. The molecule has 1 aromatic rings. The van der Waals surface area contributed by atoms with E-state index < -0.39 is 37.1 Å². The van der Waals surface area contributed by atoms with Crippen LogP contribution in [0.3, 0.4) is 0 Å². The van der Waals surface area contributed by atoms with E-state index in [2.05, 4.69) is 5.32 Å². The number of rotatable bonds is 4. The molecule has 19 heavy (non-hydrogen) atoms. The zero-order valence-electron chi connectivity index (χ0n) is 10.4. The van der Waals surface area contributed by atoms with Gasteiger partial charge in [0.15, 0.2) is 0 Å². The van der Waals surface area contributed by atoms with E-state index in [0.29, 0.717) is 0 Å². The maximum atomic E-state index is 9.84. The number of para-hydroxylation sites is 1. The van der Waals surface area contributed by atoms with E-state index in [-0.39, 0.29) is 6.54 Å². The molecule has 1 aromatic carbocycles. The third-order valence-corrected chi connectivity index (χ3v) is 3.27. The van der Waals surface area contributed by atoms with Crippen molar-refractivity contribution in [1.29, 1.82) is 0 Å². The first-order valence-corrected chi connectivity index (χ1v) is 6.23. The molecule has 1 heterocycles. The van der Waals surface area contributed by atoms with Crippen LogP contribution in [0, 0.1) is 0 Å². The van der Waals surface area contributed by atoms with Crippen LogP contribution in [0.25, 0.3) is 0 Å². The highest BCUT2D eigenvalue weighted by atomic mass is 16.5. The highest BCUT2D eigenvalue weighted by Crippen LogP contribution is 2.21. The van der Waals surface area contributed by atoms with Crippen LogP contribution >= 0.6 is 0 Å². The van der Waals surface area contributed by atoms with Crippen LogP contribution < -0.4 is 5.32 Å². The Kier molecular flexibility index (Phi) is 4.73. The molecule has 1 aliphatic heterocycles. The highest BCUT2D eigenvalue weighted by molar-refractivity contribution is 5.42. The van der Waals surface area contributed by atoms with Crippen molar-refractivity contribution in [3.8, 4) is 0 Å². The predicted molar refractivity (Wildman–Crippen MR) is 68.7 cm³/mol. The summed E-state index contributed by atoms with van der Waals surface area (Å²) in [5.41, 5.74) is 0.861. The molecule has 6 nitrogen and oxygen atoms in total. The van der Waals surface area contributed by atoms with Gasteiger partial charge in [-0.3, -0.25) is 0 Å². The Morgan fingerprint density at radius 2 is 1.58 bits per heavy atom. The Balaban J connectivity index is 1.95. The zero-order chi connectivity index (χ0) is 13.8. The smallest absolute Gasteiger partial charge is 0.111 e. The van der Waals surface area contributed by atoms with Crippen molar-refractivity contribution in [2.75, 3.05) is 18.5 Å². The quantitative estimate of drug-likeness (QED) is 0.477. The summed E-state index contributed by atoms with van der Waals surface area (Å²) in [7, 11) is 0. The number of hydrogen-bond donors (Lipinski definition) is 5. The minimum atomic E-state index is -1.33. The van der Waals surface area contributed by atoms with Crippen molar-refractivity contribution >= 4 is 5.69 Å². The second-order valence-electron chi connectivity index (χ2n) is 4.61. The molecule has 0 radical (unpaired) electrons. The van der Waals surface area contributed by atoms with Crippen LogP contribution in [-0.4, -0.2) is 64.1 Å². The number of anilines is 1. The van der Waals surface area contributed by atoms with Gasteiger partial charge in [-0.15, -0.1) is 0 Å². The van der Waals surface area contributed by atoms with E-state index >= 15 is 0 Å². The molecule has 1 fully saturated rings. The van der Waals surface area contributed by atoms with Crippen LogP contribution in [0.5, 0.6) is 0 Å². The first-order chi connectivity index (χ1) is 9.13. The normalized spacial score (nSPS) is 35.1. The minimum absolute atomic E-state index is 0.269. The van der Waals surface area contributed by atoms with Gasteiger partial charge in [0.05, 0.1) is 6.61 Å². The molecule has 1 aliphatic rings. The number of aliphatic hydroxyl groups excluding tert-OH is 4. The Bertz CT molecular complexity index is 386. The van der Waals surface area contributed by atoms with Crippen LogP contribution in [0.15, 0.2) is 30.3 Å². The standard InChI is InChI=1S/C13H19NO5/c15-7-10-12(17)13(18)11(16)9(19-10)6-14-8-4-2-1-3-5-8/h1-5,9-18H,6-7H2/t9-,10-,11+,12-,13-/m1/s1. The van der Waals surface area contributed by atoms with Gasteiger partial charge in [-0.1, -0.05) is 18.2 Å². The molecule has 6 heteroatoms. The molecule has 0 bridgehead atoms. The Morgan fingerprint density at radius 3 is 2.21 bits per heavy atom. The third kappa shape index (κ3) is 3.23. The molecule has 5 atom stereocenters. The predicted octanol–water partition coefficient (Wildman–Crippen LogP) is -1.06. The van der Waals surface area contributed by atoms with Crippen molar-refractivity contribution in [2.24, 2.45) is 0 Å². The summed E-state index contributed by atoms with van der Waals surface area (Å²) >= 11 is 0. The summed E-state index contributed by atoms with van der Waals surface area (Å²) < 4.78 is 5.38. The third-order valence-electron chi connectivity index (χ3n) is 3.27. The van der Waals surface area contributed by atoms with Gasteiger partial charge in [-0.05, 0) is 12.1 Å². The minimum Gasteiger partial charge on any atom is -0.394 e. The summed E-state index contributed by atoms with van der Waals surface area (Å²) in [4.78, 5) is 0. The van der Waals surface area contributed by atoms with Crippen molar-refractivity contribution in [3.05, 3.63) is 30.3 Å². The largest absolute Gasteiger partial charge is 0.394 e. The summed E-state index contributed by atoms with van der Waals surface area (Å²) in [6, 6.07) is 9.36. The summed E-state index contributed by atoms with van der Waals surface area (Å²) in [6.45, 7) is -0.141. The highest BCUT2D eigenvalue weighted by Gasteiger charge is 2.43.